The number of ether oxygens (including phenoxy) is 1. The average Bonchev–Trinajstić information content (AvgIpc) is 2.46. The van der Waals surface area contributed by atoms with Crippen molar-refractivity contribution in [3.8, 4) is 6.07 Å². The topological polar surface area (TPSA) is 65.4 Å². The third-order valence-electron chi connectivity index (χ3n) is 3.68. The Hall–Kier alpha value is -1.90. The molecule has 0 radical (unpaired) electrons. The van der Waals surface area contributed by atoms with Crippen molar-refractivity contribution < 1.29 is 9.53 Å². The fourth-order valence-corrected chi connectivity index (χ4v) is 2.63. The fraction of sp³-hybridized carbons (Fsp3) is 0.500. The molecular weight excluding hydrogens is 266 g/mol. The van der Waals surface area contributed by atoms with Crippen LogP contribution >= 0.6 is 0 Å². The van der Waals surface area contributed by atoms with Gasteiger partial charge in [-0.05, 0) is 32.9 Å². The van der Waals surface area contributed by atoms with E-state index in [0.717, 1.165) is 13.1 Å². The van der Waals surface area contributed by atoms with Gasteiger partial charge in [0.1, 0.15) is 6.07 Å². The van der Waals surface area contributed by atoms with E-state index in [-0.39, 0.29) is 24.2 Å². The van der Waals surface area contributed by atoms with Gasteiger partial charge in [0.15, 0.2) is 0 Å². The molecule has 1 unspecified atom stereocenters. The normalized spacial score (nSPS) is 24.1. The van der Waals surface area contributed by atoms with Crippen LogP contribution in [0.25, 0.3) is 0 Å². The quantitative estimate of drug-likeness (QED) is 0.923. The summed E-state index contributed by atoms with van der Waals surface area (Å²) >= 11 is 0. The second-order valence-electron chi connectivity index (χ2n) is 5.53. The van der Waals surface area contributed by atoms with Crippen molar-refractivity contribution in [3.63, 3.8) is 0 Å². The number of carbonyl (C=O) groups excluding carboxylic acids is 1. The molecule has 1 N–H and O–H groups in total. The third kappa shape index (κ3) is 3.81. The van der Waals surface area contributed by atoms with E-state index in [1.54, 1.807) is 24.3 Å². The summed E-state index contributed by atoms with van der Waals surface area (Å²) in [7, 11) is 0. The lowest BCUT2D eigenvalue weighted by Gasteiger charge is -2.38. The predicted molar refractivity (Wildman–Crippen MR) is 80.8 cm³/mol. The minimum atomic E-state index is -0.259. The highest BCUT2D eigenvalue weighted by Crippen LogP contribution is 2.17. The Morgan fingerprint density at radius 2 is 2.00 bits per heavy atom. The van der Waals surface area contributed by atoms with E-state index in [2.05, 4.69) is 16.3 Å². The van der Waals surface area contributed by atoms with E-state index in [1.165, 1.54) is 0 Å². The second kappa shape index (κ2) is 6.70. The zero-order chi connectivity index (χ0) is 15.4. The van der Waals surface area contributed by atoms with Gasteiger partial charge >= 0.3 is 0 Å². The number of morpholine rings is 1. The Morgan fingerprint density at radius 3 is 2.62 bits per heavy atom. The van der Waals surface area contributed by atoms with Gasteiger partial charge in [-0.2, -0.15) is 5.26 Å². The van der Waals surface area contributed by atoms with Crippen molar-refractivity contribution in [3.05, 3.63) is 29.8 Å². The third-order valence-corrected chi connectivity index (χ3v) is 3.68. The summed E-state index contributed by atoms with van der Waals surface area (Å²) in [4.78, 5) is 14.5. The van der Waals surface area contributed by atoms with Crippen LogP contribution < -0.4 is 5.32 Å². The number of anilines is 1. The maximum absolute atomic E-state index is 12.4. The lowest BCUT2D eigenvalue weighted by atomic mass is 10.1. The zero-order valence-corrected chi connectivity index (χ0v) is 12.7. The number of benzene rings is 1. The van der Waals surface area contributed by atoms with Crippen LogP contribution in [0.4, 0.5) is 5.69 Å². The summed E-state index contributed by atoms with van der Waals surface area (Å²) in [5, 5.41) is 11.9. The molecule has 1 aromatic rings. The molecule has 21 heavy (non-hydrogen) atoms. The molecule has 1 fully saturated rings. The van der Waals surface area contributed by atoms with Crippen LogP contribution in [0, 0.1) is 11.3 Å². The van der Waals surface area contributed by atoms with Crippen molar-refractivity contribution in [1.29, 1.82) is 5.26 Å². The van der Waals surface area contributed by atoms with Gasteiger partial charge in [-0.1, -0.05) is 12.1 Å². The first-order valence-electron chi connectivity index (χ1n) is 7.20. The molecule has 1 aliphatic heterocycles. The standard InChI is InChI=1S/C16H21N3O2/c1-11-9-19(10-12(2)21-11)13(3)16(20)18-15-7-5-4-6-14(15)8-17/h4-7,11-13H,9-10H2,1-3H3,(H,18,20)/t11-,12+,13?. The van der Waals surface area contributed by atoms with Crippen LogP contribution in [0.15, 0.2) is 24.3 Å². The van der Waals surface area contributed by atoms with E-state index in [1.807, 2.05) is 20.8 Å². The first kappa shape index (κ1) is 15.5. The van der Waals surface area contributed by atoms with Crippen molar-refractivity contribution in [1.82, 2.24) is 4.90 Å². The molecule has 2 rings (SSSR count). The number of para-hydroxylation sites is 1. The number of rotatable bonds is 3. The highest BCUT2D eigenvalue weighted by Gasteiger charge is 2.29. The smallest absolute Gasteiger partial charge is 0.241 e. The van der Waals surface area contributed by atoms with Crippen molar-refractivity contribution in [2.75, 3.05) is 18.4 Å². The molecule has 1 saturated heterocycles. The minimum Gasteiger partial charge on any atom is -0.373 e. The molecular formula is C16H21N3O2. The van der Waals surface area contributed by atoms with Crippen LogP contribution in [-0.2, 0) is 9.53 Å². The summed E-state index contributed by atoms with van der Waals surface area (Å²) < 4.78 is 5.68. The Balaban J connectivity index is 2.04. The molecule has 3 atom stereocenters. The van der Waals surface area contributed by atoms with Gasteiger partial charge < -0.3 is 10.1 Å². The minimum absolute atomic E-state index is 0.0981. The van der Waals surface area contributed by atoms with Crippen LogP contribution in [0.1, 0.15) is 26.3 Å². The molecule has 1 heterocycles. The summed E-state index contributed by atoms with van der Waals surface area (Å²) in [6.07, 6.45) is 0.241. The van der Waals surface area contributed by atoms with Crippen LogP contribution in [0.5, 0.6) is 0 Å². The summed E-state index contributed by atoms with van der Waals surface area (Å²) in [5.41, 5.74) is 1.04. The van der Waals surface area contributed by atoms with Crippen LogP contribution in [0.2, 0.25) is 0 Å². The van der Waals surface area contributed by atoms with Gasteiger partial charge in [0.05, 0.1) is 29.5 Å². The first-order chi connectivity index (χ1) is 10.0. The molecule has 0 bridgehead atoms. The van der Waals surface area contributed by atoms with Crippen molar-refractivity contribution in [2.45, 2.75) is 39.0 Å². The Morgan fingerprint density at radius 1 is 1.38 bits per heavy atom. The monoisotopic (exact) mass is 287 g/mol. The van der Waals surface area contributed by atoms with E-state index in [9.17, 15) is 4.79 Å². The molecule has 112 valence electrons. The highest BCUT2D eigenvalue weighted by molar-refractivity contribution is 5.95. The van der Waals surface area contributed by atoms with E-state index in [4.69, 9.17) is 10.00 Å². The lowest BCUT2D eigenvalue weighted by Crippen LogP contribution is -2.52. The largest absolute Gasteiger partial charge is 0.373 e. The van der Waals surface area contributed by atoms with Gasteiger partial charge in [0.25, 0.3) is 0 Å². The van der Waals surface area contributed by atoms with Crippen LogP contribution in [0.3, 0.4) is 0 Å². The van der Waals surface area contributed by atoms with Gasteiger partial charge in [0, 0.05) is 13.1 Å². The maximum atomic E-state index is 12.4. The van der Waals surface area contributed by atoms with Gasteiger partial charge in [-0.25, -0.2) is 0 Å². The van der Waals surface area contributed by atoms with Gasteiger partial charge in [0.2, 0.25) is 5.91 Å². The number of nitrogens with zero attached hydrogens (tertiary/aromatic N) is 2. The molecule has 1 aromatic carbocycles. The molecule has 1 amide bonds. The van der Waals surface area contributed by atoms with Gasteiger partial charge in [-0.3, -0.25) is 9.69 Å². The predicted octanol–water partition coefficient (Wildman–Crippen LogP) is 1.99. The van der Waals surface area contributed by atoms with Crippen molar-refractivity contribution >= 4 is 11.6 Å². The average molecular weight is 287 g/mol. The summed E-state index contributed by atoms with van der Waals surface area (Å²) in [6, 6.07) is 8.85. The number of hydrogen-bond donors (Lipinski definition) is 1. The second-order valence-corrected chi connectivity index (χ2v) is 5.53. The zero-order valence-electron chi connectivity index (χ0n) is 12.7. The van der Waals surface area contributed by atoms with Crippen LogP contribution in [-0.4, -0.2) is 42.1 Å². The first-order valence-corrected chi connectivity index (χ1v) is 7.20. The number of nitriles is 1. The fourth-order valence-electron chi connectivity index (χ4n) is 2.63. The van der Waals surface area contributed by atoms with E-state index >= 15 is 0 Å². The number of nitrogens with one attached hydrogen (secondary N) is 1. The van der Waals surface area contributed by atoms with E-state index in [0.29, 0.717) is 11.3 Å². The Labute approximate surface area is 125 Å². The molecule has 1 aliphatic rings. The molecule has 0 spiro atoms. The van der Waals surface area contributed by atoms with Gasteiger partial charge in [-0.15, -0.1) is 0 Å². The van der Waals surface area contributed by atoms with E-state index < -0.39 is 0 Å². The molecule has 5 nitrogen and oxygen atoms in total. The number of amides is 1. The SMILES string of the molecule is CC(C(=O)Nc1ccccc1C#N)N1C[C@@H](C)O[C@@H](C)C1. The summed E-state index contributed by atoms with van der Waals surface area (Å²) in [5.74, 6) is -0.0981. The molecule has 0 aliphatic carbocycles. The lowest BCUT2D eigenvalue weighted by molar-refractivity contribution is -0.126. The Bertz CT molecular complexity index is 543. The Kier molecular flexibility index (Phi) is 4.94. The summed E-state index contributed by atoms with van der Waals surface area (Å²) in [6.45, 7) is 7.38. The molecule has 0 saturated carbocycles. The number of carbonyl (C=O) groups is 1. The highest BCUT2D eigenvalue weighted by atomic mass is 16.5. The maximum Gasteiger partial charge on any atom is 0.241 e. The molecule has 0 aromatic heterocycles. The number of hydrogen-bond acceptors (Lipinski definition) is 4. The molecule has 5 heteroatoms. The van der Waals surface area contributed by atoms with Crippen molar-refractivity contribution in [2.24, 2.45) is 0 Å².